The quantitative estimate of drug-likeness (QED) is 0.778. The topological polar surface area (TPSA) is 38.0 Å². The van der Waals surface area contributed by atoms with Crippen LogP contribution in [0.25, 0.3) is 0 Å². The highest BCUT2D eigenvalue weighted by atomic mass is 14.9. The summed E-state index contributed by atoms with van der Waals surface area (Å²) in [4.78, 5) is 0. The van der Waals surface area contributed by atoms with Crippen molar-refractivity contribution >= 4 is 0 Å². The molecule has 2 nitrogen and oxygen atoms in total. The van der Waals surface area contributed by atoms with Crippen LogP contribution in [-0.2, 0) is 6.42 Å². The Morgan fingerprint density at radius 1 is 1.06 bits per heavy atom. The van der Waals surface area contributed by atoms with Gasteiger partial charge in [-0.25, -0.2) is 0 Å². The number of benzene rings is 1. The SMILES string of the molecule is CC(C)c1ccc(CCNC(CN)C(C)C)cc1. The summed E-state index contributed by atoms with van der Waals surface area (Å²) in [5, 5.41) is 3.53. The molecule has 1 aromatic rings. The Morgan fingerprint density at radius 2 is 1.67 bits per heavy atom. The van der Waals surface area contributed by atoms with E-state index >= 15 is 0 Å². The van der Waals surface area contributed by atoms with Gasteiger partial charge in [0.1, 0.15) is 0 Å². The van der Waals surface area contributed by atoms with E-state index in [1.807, 2.05) is 0 Å². The molecule has 0 heterocycles. The molecule has 0 spiro atoms. The highest BCUT2D eigenvalue weighted by Crippen LogP contribution is 2.14. The van der Waals surface area contributed by atoms with Crippen molar-refractivity contribution in [1.82, 2.24) is 5.32 Å². The summed E-state index contributed by atoms with van der Waals surface area (Å²) in [6, 6.07) is 9.39. The Bertz CT molecular complexity index is 327. The fraction of sp³-hybridized carbons (Fsp3) is 0.625. The van der Waals surface area contributed by atoms with Gasteiger partial charge in [-0.05, 0) is 35.9 Å². The van der Waals surface area contributed by atoms with Crippen molar-refractivity contribution in [1.29, 1.82) is 0 Å². The van der Waals surface area contributed by atoms with Crippen LogP contribution in [0.15, 0.2) is 24.3 Å². The molecule has 0 aliphatic rings. The van der Waals surface area contributed by atoms with Gasteiger partial charge in [0.15, 0.2) is 0 Å². The fourth-order valence-corrected chi connectivity index (χ4v) is 2.06. The maximum atomic E-state index is 5.74. The van der Waals surface area contributed by atoms with Gasteiger partial charge < -0.3 is 11.1 Å². The minimum atomic E-state index is 0.430. The lowest BCUT2D eigenvalue weighted by Crippen LogP contribution is -2.41. The molecule has 0 fully saturated rings. The molecule has 0 amide bonds. The highest BCUT2D eigenvalue weighted by Gasteiger charge is 2.09. The van der Waals surface area contributed by atoms with Gasteiger partial charge in [-0.1, -0.05) is 52.0 Å². The minimum absolute atomic E-state index is 0.430. The predicted octanol–water partition coefficient (Wildman–Crippen LogP) is 2.93. The van der Waals surface area contributed by atoms with Crippen molar-refractivity contribution in [3.05, 3.63) is 35.4 Å². The van der Waals surface area contributed by atoms with Gasteiger partial charge in [-0.15, -0.1) is 0 Å². The lowest BCUT2D eigenvalue weighted by atomic mass is 10.0. The van der Waals surface area contributed by atoms with E-state index in [1.165, 1.54) is 11.1 Å². The Balaban J connectivity index is 2.39. The second-order valence-corrected chi connectivity index (χ2v) is 5.69. The highest BCUT2D eigenvalue weighted by molar-refractivity contribution is 5.24. The van der Waals surface area contributed by atoms with Crippen LogP contribution in [0.2, 0.25) is 0 Å². The number of nitrogens with one attached hydrogen (secondary N) is 1. The van der Waals surface area contributed by atoms with Gasteiger partial charge in [0.25, 0.3) is 0 Å². The van der Waals surface area contributed by atoms with Gasteiger partial charge in [-0.2, -0.15) is 0 Å². The van der Waals surface area contributed by atoms with Crippen LogP contribution in [0, 0.1) is 5.92 Å². The summed E-state index contributed by atoms with van der Waals surface area (Å²) >= 11 is 0. The standard InChI is InChI=1S/C16H28N2/c1-12(2)15-7-5-14(6-8-15)9-10-18-16(11-17)13(3)4/h5-8,12-13,16,18H,9-11,17H2,1-4H3. The molecule has 0 saturated heterocycles. The van der Waals surface area contributed by atoms with E-state index in [9.17, 15) is 0 Å². The van der Waals surface area contributed by atoms with Crippen molar-refractivity contribution in [3.8, 4) is 0 Å². The molecule has 3 N–H and O–H groups in total. The monoisotopic (exact) mass is 248 g/mol. The lowest BCUT2D eigenvalue weighted by Gasteiger charge is -2.20. The molecule has 0 aliphatic carbocycles. The summed E-state index contributed by atoms with van der Waals surface area (Å²) in [6.45, 7) is 10.6. The van der Waals surface area contributed by atoms with Crippen LogP contribution in [0.3, 0.4) is 0 Å². The second kappa shape index (κ2) is 7.55. The van der Waals surface area contributed by atoms with E-state index in [1.54, 1.807) is 0 Å². The summed E-state index contributed by atoms with van der Waals surface area (Å²) in [6.07, 6.45) is 1.07. The molecule has 1 atom stereocenters. The van der Waals surface area contributed by atoms with Crippen molar-refractivity contribution in [2.75, 3.05) is 13.1 Å². The Labute approximate surface area is 112 Å². The Kier molecular flexibility index (Phi) is 6.37. The average Bonchev–Trinajstić information content (AvgIpc) is 2.34. The number of hydrogen-bond acceptors (Lipinski definition) is 2. The minimum Gasteiger partial charge on any atom is -0.329 e. The van der Waals surface area contributed by atoms with Gasteiger partial charge in [-0.3, -0.25) is 0 Å². The van der Waals surface area contributed by atoms with Crippen LogP contribution in [0.5, 0.6) is 0 Å². The predicted molar refractivity (Wildman–Crippen MR) is 79.9 cm³/mol. The normalized spacial score (nSPS) is 13.3. The van der Waals surface area contributed by atoms with Crippen molar-refractivity contribution in [2.24, 2.45) is 11.7 Å². The molecule has 18 heavy (non-hydrogen) atoms. The van der Waals surface area contributed by atoms with E-state index < -0.39 is 0 Å². The maximum absolute atomic E-state index is 5.74. The smallest absolute Gasteiger partial charge is 0.0213 e. The van der Waals surface area contributed by atoms with E-state index in [0.29, 0.717) is 24.4 Å². The summed E-state index contributed by atoms with van der Waals surface area (Å²) in [5.41, 5.74) is 8.55. The summed E-state index contributed by atoms with van der Waals surface area (Å²) in [5.74, 6) is 1.21. The average molecular weight is 248 g/mol. The number of nitrogens with two attached hydrogens (primary N) is 1. The van der Waals surface area contributed by atoms with Gasteiger partial charge >= 0.3 is 0 Å². The molecule has 0 bridgehead atoms. The Morgan fingerprint density at radius 3 is 2.11 bits per heavy atom. The lowest BCUT2D eigenvalue weighted by molar-refractivity contribution is 0.409. The van der Waals surface area contributed by atoms with Crippen LogP contribution >= 0.6 is 0 Å². The van der Waals surface area contributed by atoms with Gasteiger partial charge in [0.05, 0.1) is 0 Å². The largest absolute Gasteiger partial charge is 0.329 e. The summed E-state index contributed by atoms with van der Waals surface area (Å²) in [7, 11) is 0. The molecule has 102 valence electrons. The molecule has 1 unspecified atom stereocenters. The first-order valence-electron chi connectivity index (χ1n) is 7.07. The zero-order chi connectivity index (χ0) is 13.5. The van der Waals surface area contributed by atoms with Crippen LogP contribution in [-0.4, -0.2) is 19.1 Å². The molecule has 2 heteroatoms. The van der Waals surface area contributed by atoms with Gasteiger partial charge in [0, 0.05) is 12.6 Å². The molecule has 0 aromatic heterocycles. The number of hydrogen-bond donors (Lipinski definition) is 2. The number of rotatable bonds is 7. The van der Waals surface area contributed by atoms with Crippen molar-refractivity contribution in [2.45, 2.75) is 46.1 Å². The molecule has 0 saturated carbocycles. The zero-order valence-corrected chi connectivity index (χ0v) is 12.2. The molecule has 1 rings (SSSR count). The second-order valence-electron chi connectivity index (χ2n) is 5.69. The van der Waals surface area contributed by atoms with E-state index in [2.05, 4.69) is 57.3 Å². The molecule has 0 aliphatic heterocycles. The van der Waals surface area contributed by atoms with Crippen molar-refractivity contribution in [3.63, 3.8) is 0 Å². The van der Waals surface area contributed by atoms with E-state index in [0.717, 1.165) is 13.0 Å². The van der Waals surface area contributed by atoms with Crippen LogP contribution in [0.4, 0.5) is 0 Å². The third-order valence-electron chi connectivity index (χ3n) is 3.53. The van der Waals surface area contributed by atoms with Crippen molar-refractivity contribution < 1.29 is 0 Å². The third kappa shape index (κ3) is 4.79. The Hall–Kier alpha value is -0.860. The molecular formula is C16H28N2. The van der Waals surface area contributed by atoms with E-state index in [-0.39, 0.29) is 0 Å². The fourth-order valence-electron chi connectivity index (χ4n) is 2.06. The molecule has 0 radical (unpaired) electrons. The first kappa shape index (κ1) is 15.2. The first-order valence-corrected chi connectivity index (χ1v) is 7.07. The van der Waals surface area contributed by atoms with Crippen LogP contribution < -0.4 is 11.1 Å². The molecule has 1 aromatic carbocycles. The first-order chi connectivity index (χ1) is 8.54. The maximum Gasteiger partial charge on any atom is 0.0213 e. The molecular weight excluding hydrogens is 220 g/mol. The summed E-state index contributed by atoms with van der Waals surface area (Å²) < 4.78 is 0. The zero-order valence-electron chi connectivity index (χ0n) is 12.2. The third-order valence-corrected chi connectivity index (χ3v) is 3.53. The van der Waals surface area contributed by atoms with E-state index in [4.69, 9.17) is 5.73 Å². The van der Waals surface area contributed by atoms with Crippen LogP contribution in [0.1, 0.15) is 44.7 Å². The van der Waals surface area contributed by atoms with Gasteiger partial charge in [0.2, 0.25) is 0 Å².